The average Bonchev–Trinajstić information content (AvgIpc) is 2.63. The van der Waals surface area contributed by atoms with Gasteiger partial charge >= 0.3 is 11.8 Å². The molecule has 0 unspecified atom stereocenters. The van der Waals surface area contributed by atoms with Crippen molar-refractivity contribution in [2.24, 2.45) is 7.05 Å². The standard InChI is InChI=1S/C10H16N4O4/c1-5-13(6-8(15)18-4)10-9(14(16)17)11-7(2)12(10)3/h5-6H2,1-4H3. The number of aromatic nitrogens is 2. The number of nitro groups is 1. The lowest BCUT2D eigenvalue weighted by atomic mass is 10.4. The molecule has 18 heavy (non-hydrogen) atoms. The molecular formula is C10H16N4O4. The van der Waals surface area contributed by atoms with E-state index in [4.69, 9.17) is 0 Å². The summed E-state index contributed by atoms with van der Waals surface area (Å²) < 4.78 is 6.16. The Hall–Kier alpha value is -2.12. The van der Waals surface area contributed by atoms with Crippen LogP contribution in [-0.2, 0) is 16.6 Å². The number of aryl methyl sites for hydroxylation is 1. The average molecular weight is 256 g/mol. The molecular weight excluding hydrogens is 240 g/mol. The summed E-state index contributed by atoms with van der Waals surface area (Å²) in [5.74, 6) is 0.121. The van der Waals surface area contributed by atoms with Gasteiger partial charge in [0.25, 0.3) is 0 Å². The number of imidazole rings is 1. The first-order valence-corrected chi connectivity index (χ1v) is 5.41. The van der Waals surface area contributed by atoms with Gasteiger partial charge in [-0.15, -0.1) is 0 Å². The molecule has 0 saturated heterocycles. The van der Waals surface area contributed by atoms with Crippen LogP contribution in [-0.4, -0.2) is 40.6 Å². The van der Waals surface area contributed by atoms with Gasteiger partial charge in [0.2, 0.25) is 11.6 Å². The lowest BCUT2D eigenvalue weighted by molar-refractivity contribution is -0.388. The molecule has 100 valence electrons. The van der Waals surface area contributed by atoms with Gasteiger partial charge in [-0.1, -0.05) is 0 Å². The molecule has 8 heteroatoms. The summed E-state index contributed by atoms with van der Waals surface area (Å²) in [5, 5.41) is 10.9. The van der Waals surface area contributed by atoms with Crippen molar-refractivity contribution < 1.29 is 14.5 Å². The minimum atomic E-state index is -0.553. The quantitative estimate of drug-likeness (QED) is 0.436. The fourth-order valence-electron chi connectivity index (χ4n) is 1.61. The van der Waals surface area contributed by atoms with Crippen molar-refractivity contribution >= 4 is 17.6 Å². The van der Waals surface area contributed by atoms with Crippen molar-refractivity contribution in [3.63, 3.8) is 0 Å². The second kappa shape index (κ2) is 5.48. The first kappa shape index (κ1) is 13.9. The second-order valence-corrected chi connectivity index (χ2v) is 3.71. The van der Waals surface area contributed by atoms with E-state index in [2.05, 4.69) is 9.72 Å². The van der Waals surface area contributed by atoms with Crippen LogP contribution < -0.4 is 4.90 Å². The SMILES string of the molecule is CCN(CC(=O)OC)c1c([N+](=O)[O-])nc(C)n1C. The zero-order valence-corrected chi connectivity index (χ0v) is 10.8. The van der Waals surface area contributed by atoms with Crippen molar-refractivity contribution in [1.82, 2.24) is 9.55 Å². The molecule has 0 aliphatic carbocycles. The summed E-state index contributed by atoms with van der Waals surface area (Å²) in [4.78, 5) is 27.1. The number of anilines is 1. The topological polar surface area (TPSA) is 90.5 Å². The van der Waals surface area contributed by atoms with E-state index >= 15 is 0 Å². The fraction of sp³-hybridized carbons (Fsp3) is 0.600. The number of methoxy groups -OCH3 is 1. The van der Waals surface area contributed by atoms with E-state index in [0.29, 0.717) is 18.2 Å². The molecule has 0 aliphatic rings. The van der Waals surface area contributed by atoms with Crippen LogP contribution in [0.4, 0.5) is 11.6 Å². The third kappa shape index (κ3) is 2.58. The van der Waals surface area contributed by atoms with E-state index in [1.54, 1.807) is 30.4 Å². The van der Waals surface area contributed by atoms with E-state index in [1.807, 2.05) is 0 Å². The van der Waals surface area contributed by atoms with Gasteiger partial charge in [-0.25, -0.2) is 0 Å². The maximum Gasteiger partial charge on any atom is 0.406 e. The maximum atomic E-state index is 11.3. The van der Waals surface area contributed by atoms with Crippen molar-refractivity contribution in [2.75, 3.05) is 25.1 Å². The molecule has 1 heterocycles. The number of nitrogens with zero attached hydrogens (tertiary/aromatic N) is 4. The Kier molecular flexibility index (Phi) is 4.24. The van der Waals surface area contributed by atoms with Crippen LogP contribution in [0.2, 0.25) is 0 Å². The largest absolute Gasteiger partial charge is 0.468 e. The Morgan fingerprint density at radius 2 is 2.22 bits per heavy atom. The van der Waals surface area contributed by atoms with Gasteiger partial charge in [-0.05, 0) is 16.8 Å². The highest BCUT2D eigenvalue weighted by atomic mass is 16.6. The molecule has 0 spiro atoms. The lowest BCUT2D eigenvalue weighted by Crippen LogP contribution is -2.32. The minimum absolute atomic E-state index is 0.0488. The Morgan fingerprint density at radius 1 is 1.61 bits per heavy atom. The predicted molar refractivity (Wildman–Crippen MR) is 64.5 cm³/mol. The molecule has 0 N–H and O–H groups in total. The van der Waals surface area contributed by atoms with Gasteiger partial charge in [0, 0.05) is 20.5 Å². The van der Waals surface area contributed by atoms with E-state index in [1.165, 1.54) is 7.11 Å². The van der Waals surface area contributed by atoms with Crippen molar-refractivity contribution in [3.05, 3.63) is 15.9 Å². The van der Waals surface area contributed by atoms with Crippen molar-refractivity contribution in [2.45, 2.75) is 13.8 Å². The number of hydrogen-bond donors (Lipinski definition) is 0. The molecule has 0 radical (unpaired) electrons. The number of esters is 1. The summed E-state index contributed by atoms with van der Waals surface area (Å²) >= 11 is 0. The van der Waals surface area contributed by atoms with Crippen LogP contribution in [0.1, 0.15) is 12.7 Å². The molecule has 0 atom stereocenters. The van der Waals surface area contributed by atoms with E-state index in [0.717, 1.165) is 0 Å². The molecule has 0 aliphatic heterocycles. The van der Waals surface area contributed by atoms with Crippen LogP contribution in [0.15, 0.2) is 0 Å². The molecule has 0 saturated carbocycles. The highest BCUT2D eigenvalue weighted by Crippen LogP contribution is 2.27. The number of carbonyl (C=O) groups excluding carboxylic acids is 1. The Labute approximate surface area is 104 Å². The van der Waals surface area contributed by atoms with Crippen LogP contribution in [0.5, 0.6) is 0 Å². The predicted octanol–water partition coefficient (Wildman–Crippen LogP) is 0.636. The van der Waals surface area contributed by atoms with E-state index < -0.39 is 10.9 Å². The fourth-order valence-corrected chi connectivity index (χ4v) is 1.61. The highest BCUT2D eigenvalue weighted by molar-refractivity contribution is 5.76. The highest BCUT2D eigenvalue weighted by Gasteiger charge is 2.28. The minimum Gasteiger partial charge on any atom is -0.468 e. The van der Waals surface area contributed by atoms with Crippen molar-refractivity contribution in [1.29, 1.82) is 0 Å². The van der Waals surface area contributed by atoms with Gasteiger partial charge < -0.3 is 19.8 Å². The molecule has 8 nitrogen and oxygen atoms in total. The van der Waals surface area contributed by atoms with Crippen molar-refractivity contribution in [3.8, 4) is 0 Å². The van der Waals surface area contributed by atoms with Crippen LogP contribution in [0.3, 0.4) is 0 Å². The molecule has 0 bridgehead atoms. The molecule has 1 aromatic rings. The second-order valence-electron chi connectivity index (χ2n) is 3.71. The first-order chi connectivity index (χ1) is 8.42. The maximum absolute atomic E-state index is 11.3. The molecule has 1 rings (SSSR count). The summed E-state index contributed by atoms with van der Waals surface area (Å²) in [5.41, 5.74) is 0. The Morgan fingerprint density at radius 3 is 2.67 bits per heavy atom. The van der Waals surface area contributed by atoms with E-state index in [9.17, 15) is 14.9 Å². The number of rotatable bonds is 5. The summed E-state index contributed by atoms with van der Waals surface area (Å²) in [6.07, 6.45) is 0. The lowest BCUT2D eigenvalue weighted by Gasteiger charge is -2.20. The summed E-state index contributed by atoms with van der Waals surface area (Å²) in [6, 6.07) is 0. The van der Waals surface area contributed by atoms with Crippen LogP contribution >= 0.6 is 0 Å². The Balaban J connectivity index is 3.19. The number of likely N-dealkylation sites (N-methyl/N-ethyl adjacent to an activating group) is 1. The molecule has 0 aromatic carbocycles. The van der Waals surface area contributed by atoms with E-state index in [-0.39, 0.29) is 12.4 Å². The third-order valence-corrected chi connectivity index (χ3v) is 2.67. The van der Waals surface area contributed by atoms with Crippen LogP contribution in [0, 0.1) is 17.0 Å². The first-order valence-electron chi connectivity index (χ1n) is 5.41. The molecule has 1 aromatic heterocycles. The smallest absolute Gasteiger partial charge is 0.406 e. The Bertz CT molecular complexity index is 469. The zero-order valence-electron chi connectivity index (χ0n) is 10.8. The normalized spacial score (nSPS) is 10.2. The van der Waals surface area contributed by atoms with Gasteiger partial charge in [-0.2, -0.15) is 0 Å². The number of carbonyl (C=O) groups is 1. The third-order valence-electron chi connectivity index (χ3n) is 2.67. The summed E-state index contributed by atoms with van der Waals surface area (Å²) in [7, 11) is 2.95. The van der Waals surface area contributed by atoms with Gasteiger partial charge in [0.15, 0.2) is 0 Å². The van der Waals surface area contributed by atoms with Gasteiger partial charge in [-0.3, -0.25) is 9.36 Å². The molecule has 0 amide bonds. The number of hydrogen-bond acceptors (Lipinski definition) is 6. The summed E-state index contributed by atoms with van der Waals surface area (Å²) in [6.45, 7) is 3.86. The monoisotopic (exact) mass is 256 g/mol. The number of ether oxygens (including phenoxy) is 1. The van der Waals surface area contributed by atoms with Gasteiger partial charge in [0.05, 0.1) is 7.11 Å². The van der Waals surface area contributed by atoms with Gasteiger partial charge in [0.1, 0.15) is 6.54 Å². The zero-order chi connectivity index (χ0) is 13.9. The molecule has 0 fully saturated rings. The van der Waals surface area contributed by atoms with Crippen LogP contribution in [0.25, 0.3) is 0 Å².